The van der Waals surface area contributed by atoms with Gasteiger partial charge in [-0.25, -0.2) is 0 Å². The van der Waals surface area contributed by atoms with E-state index in [1.54, 1.807) is 12.3 Å². The van der Waals surface area contributed by atoms with Crippen LogP contribution in [0.4, 0.5) is 0 Å². The minimum Gasteiger partial charge on any atom is -0.329 e. The average Bonchev–Trinajstić information content (AvgIpc) is 2.57. The fourth-order valence-corrected chi connectivity index (χ4v) is 3.31. The molecule has 25 heavy (non-hydrogen) atoms. The Kier molecular flexibility index (Phi) is 5.02. The number of halogens is 1. The lowest BCUT2D eigenvalue weighted by molar-refractivity contribution is -0.123. The summed E-state index contributed by atoms with van der Waals surface area (Å²) in [5.74, 6) is 0.0577. The number of H-pyrrole nitrogens is 1. The Balaban J connectivity index is 1.95. The quantitative estimate of drug-likeness (QED) is 0.761. The van der Waals surface area contributed by atoms with Crippen molar-refractivity contribution in [2.24, 2.45) is 0 Å². The average molecular weight is 355 g/mol. The predicted molar refractivity (Wildman–Crippen MR) is 101 cm³/mol. The molecule has 0 radical (unpaired) electrons. The van der Waals surface area contributed by atoms with E-state index in [0.29, 0.717) is 10.4 Å². The summed E-state index contributed by atoms with van der Waals surface area (Å²) in [6.07, 6.45) is 1.80. The summed E-state index contributed by atoms with van der Waals surface area (Å²) in [7, 11) is 3.77. The molecule has 0 spiro atoms. The molecule has 1 N–H and O–H groups in total. The second-order valence-electron chi connectivity index (χ2n) is 6.26. The number of aromatic nitrogens is 1. The number of nitrogens with one attached hydrogen (secondary N) is 1. The highest BCUT2D eigenvalue weighted by atomic mass is 35.5. The third-order valence-corrected chi connectivity index (χ3v) is 4.59. The molecule has 0 bridgehead atoms. The summed E-state index contributed by atoms with van der Waals surface area (Å²) in [4.78, 5) is 29.3. The zero-order valence-corrected chi connectivity index (χ0v) is 14.9. The molecule has 0 aliphatic rings. The van der Waals surface area contributed by atoms with Gasteiger partial charge in [0.1, 0.15) is 0 Å². The number of Topliss-reactive ketones (excluding diaryl/α,β-unsaturated/α-hetero) is 1. The smallest absolute Gasteiger partial charge is 0.255 e. The Morgan fingerprint density at radius 3 is 2.56 bits per heavy atom. The van der Waals surface area contributed by atoms with Crippen molar-refractivity contribution in [3.63, 3.8) is 0 Å². The van der Waals surface area contributed by atoms with Gasteiger partial charge in [-0.15, -0.1) is 0 Å². The summed E-state index contributed by atoms with van der Waals surface area (Å²) in [6.45, 7) is 0. The minimum atomic E-state index is -0.341. The van der Waals surface area contributed by atoms with Crippen LogP contribution in [0.15, 0.2) is 59.5 Å². The largest absolute Gasteiger partial charge is 0.329 e. The third-order valence-electron chi connectivity index (χ3n) is 4.24. The van der Waals surface area contributed by atoms with Gasteiger partial charge in [0.15, 0.2) is 5.78 Å². The first-order valence-electron chi connectivity index (χ1n) is 8.01. The van der Waals surface area contributed by atoms with E-state index >= 15 is 0 Å². The van der Waals surface area contributed by atoms with Crippen LogP contribution in [-0.2, 0) is 11.2 Å². The van der Waals surface area contributed by atoms with Crippen LogP contribution >= 0.6 is 11.6 Å². The molecule has 0 amide bonds. The van der Waals surface area contributed by atoms with Crippen LogP contribution in [0.3, 0.4) is 0 Å². The second kappa shape index (κ2) is 7.21. The highest BCUT2D eigenvalue weighted by Crippen LogP contribution is 2.26. The van der Waals surface area contributed by atoms with Gasteiger partial charge in [0.25, 0.3) is 5.56 Å². The van der Waals surface area contributed by atoms with E-state index in [4.69, 9.17) is 11.6 Å². The Bertz CT molecular complexity index is 964. The Labute approximate surface area is 151 Å². The second-order valence-corrected chi connectivity index (χ2v) is 6.66. The van der Waals surface area contributed by atoms with Crippen molar-refractivity contribution < 1.29 is 4.79 Å². The van der Waals surface area contributed by atoms with Gasteiger partial charge >= 0.3 is 0 Å². The van der Waals surface area contributed by atoms with Crippen molar-refractivity contribution in [2.45, 2.75) is 12.5 Å². The van der Waals surface area contributed by atoms with Crippen molar-refractivity contribution in [1.29, 1.82) is 0 Å². The lowest BCUT2D eigenvalue weighted by Crippen LogP contribution is -2.29. The molecule has 3 rings (SSSR count). The standard InChI is InChI=1S/C20H19ClN2O2/c1-23(2)19(13-6-4-3-5-7-13)18(24)11-15-10-14-8-9-22-20(25)16(14)12-17(15)21/h3-10,12,19H,11H2,1-2H3,(H,22,25). The molecule has 2 aromatic carbocycles. The van der Waals surface area contributed by atoms with Crippen molar-refractivity contribution in [3.8, 4) is 0 Å². The number of hydrogen-bond donors (Lipinski definition) is 1. The first-order valence-corrected chi connectivity index (χ1v) is 8.39. The molecule has 3 aromatic rings. The predicted octanol–water partition coefficient (Wildman–Crippen LogP) is 3.60. The van der Waals surface area contributed by atoms with E-state index in [9.17, 15) is 9.59 Å². The molecule has 0 saturated heterocycles. The highest BCUT2D eigenvalue weighted by molar-refractivity contribution is 6.32. The monoisotopic (exact) mass is 354 g/mol. The Morgan fingerprint density at radius 2 is 1.88 bits per heavy atom. The van der Waals surface area contributed by atoms with Crippen molar-refractivity contribution in [3.05, 3.63) is 81.2 Å². The fourth-order valence-electron chi connectivity index (χ4n) is 3.08. The molecule has 1 heterocycles. The molecule has 4 nitrogen and oxygen atoms in total. The van der Waals surface area contributed by atoms with Gasteiger partial charge in [-0.3, -0.25) is 14.5 Å². The van der Waals surface area contributed by atoms with Gasteiger partial charge in [0.05, 0.1) is 6.04 Å². The molecular formula is C20H19ClN2O2. The molecule has 0 aliphatic heterocycles. The van der Waals surface area contributed by atoms with Gasteiger partial charge in [-0.1, -0.05) is 41.9 Å². The number of benzene rings is 2. The van der Waals surface area contributed by atoms with Crippen LogP contribution in [-0.4, -0.2) is 29.8 Å². The third kappa shape index (κ3) is 3.65. The van der Waals surface area contributed by atoms with Crippen LogP contribution in [0.25, 0.3) is 10.8 Å². The number of fused-ring (bicyclic) bond motifs is 1. The molecule has 1 aromatic heterocycles. The number of carbonyl (C=O) groups excluding carboxylic acids is 1. The lowest BCUT2D eigenvalue weighted by Gasteiger charge is -2.23. The lowest BCUT2D eigenvalue weighted by atomic mass is 9.96. The number of ketones is 1. The van der Waals surface area contributed by atoms with Gasteiger partial charge in [0.2, 0.25) is 0 Å². The highest BCUT2D eigenvalue weighted by Gasteiger charge is 2.23. The van der Waals surface area contributed by atoms with Crippen LogP contribution in [0.1, 0.15) is 17.2 Å². The maximum Gasteiger partial charge on any atom is 0.255 e. The summed E-state index contributed by atoms with van der Waals surface area (Å²) in [5.41, 5.74) is 1.49. The minimum absolute atomic E-state index is 0.0577. The molecule has 1 unspecified atom stereocenters. The number of hydrogen-bond acceptors (Lipinski definition) is 3. The molecule has 0 saturated carbocycles. The van der Waals surface area contributed by atoms with Crippen LogP contribution in [0.2, 0.25) is 5.02 Å². The summed E-state index contributed by atoms with van der Waals surface area (Å²) >= 11 is 6.33. The maximum atomic E-state index is 12.9. The van der Waals surface area contributed by atoms with Crippen molar-refractivity contribution in [2.75, 3.05) is 14.1 Å². The summed E-state index contributed by atoms with van der Waals surface area (Å²) in [5, 5.41) is 1.73. The van der Waals surface area contributed by atoms with E-state index in [0.717, 1.165) is 16.5 Å². The van der Waals surface area contributed by atoms with Crippen LogP contribution in [0, 0.1) is 0 Å². The molecule has 1 atom stereocenters. The number of pyridine rings is 1. The number of nitrogens with zero attached hydrogens (tertiary/aromatic N) is 1. The van der Waals surface area contributed by atoms with Crippen LogP contribution < -0.4 is 5.56 Å². The number of rotatable bonds is 5. The van der Waals surface area contributed by atoms with Gasteiger partial charge in [0, 0.05) is 23.0 Å². The van der Waals surface area contributed by atoms with Gasteiger partial charge < -0.3 is 4.98 Å². The normalized spacial score (nSPS) is 12.5. The molecule has 0 aliphatic carbocycles. The Morgan fingerprint density at radius 1 is 1.16 bits per heavy atom. The molecule has 128 valence electrons. The number of likely N-dealkylation sites (N-methyl/N-ethyl adjacent to an activating group) is 1. The van der Waals surface area contributed by atoms with Crippen molar-refractivity contribution >= 4 is 28.2 Å². The SMILES string of the molecule is CN(C)C(C(=O)Cc1cc2cc[nH]c(=O)c2cc1Cl)c1ccccc1. The summed E-state index contributed by atoms with van der Waals surface area (Å²) < 4.78 is 0. The van der Waals surface area contributed by atoms with E-state index in [2.05, 4.69) is 4.98 Å². The topological polar surface area (TPSA) is 53.2 Å². The zero-order chi connectivity index (χ0) is 18.0. The van der Waals surface area contributed by atoms with Crippen molar-refractivity contribution in [1.82, 2.24) is 9.88 Å². The van der Waals surface area contributed by atoms with Gasteiger partial charge in [-0.05, 0) is 48.8 Å². The Hall–Kier alpha value is -2.43. The zero-order valence-electron chi connectivity index (χ0n) is 14.1. The fraction of sp³-hybridized carbons (Fsp3) is 0.200. The van der Waals surface area contributed by atoms with E-state index in [-0.39, 0.29) is 23.8 Å². The van der Waals surface area contributed by atoms with Gasteiger partial charge in [-0.2, -0.15) is 0 Å². The maximum absolute atomic E-state index is 12.9. The first-order chi connectivity index (χ1) is 12.0. The van der Waals surface area contributed by atoms with E-state index in [1.165, 1.54) is 0 Å². The van der Waals surface area contributed by atoms with E-state index < -0.39 is 0 Å². The van der Waals surface area contributed by atoms with E-state index in [1.807, 2.05) is 61.5 Å². The number of aromatic amines is 1. The molecule has 0 fully saturated rings. The number of carbonyl (C=O) groups is 1. The summed E-state index contributed by atoms with van der Waals surface area (Å²) in [6, 6.07) is 14.6. The molecular weight excluding hydrogens is 336 g/mol. The first kappa shape index (κ1) is 17.4. The molecule has 5 heteroatoms. The van der Waals surface area contributed by atoms with Crippen LogP contribution in [0.5, 0.6) is 0 Å².